The van der Waals surface area contributed by atoms with Crippen LogP contribution in [-0.2, 0) is 4.79 Å². The number of fused-ring (bicyclic) bond motifs is 1. The number of aromatic amines is 1. The quantitative estimate of drug-likeness (QED) is 0.849. The van der Waals surface area contributed by atoms with Gasteiger partial charge in [0.15, 0.2) is 0 Å². The molecule has 7 heteroatoms. The molecule has 1 aromatic carbocycles. The van der Waals surface area contributed by atoms with E-state index in [1.807, 2.05) is 0 Å². The van der Waals surface area contributed by atoms with E-state index in [1.165, 1.54) is 18.2 Å². The summed E-state index contributed by atoms with van der Waals surface area (Å²) >= 11 is 6.06. The second kappa shape index (κ2) is 4.96. The third kappa shape index (κ3) is 2.31. The number of H-pyrrole nitrogens is 1. The van der Waals surface area contributed by atoms with Gasteiger partial charge < -0.3 is 10.3 Å². The largest absolute Gasteiger partial charge is 0.310 e. The molecule has 21 heavy (non-hydrogen) atoms. The molecule has 0 saturated heterocycles. The molecule has 5 nitrogen and oxygen atoms in total. The SMILES string of the molecule is Cc1nc2c(c(=O)[nH]1)C(c1c(F)cccc1Cl)CC(=O)N2. The van der Waals surface area contributed by atoms with Gasteiger partial charge in [0.05, 0.1) is 5.56 Å². The van der Waals surface area contributed by atoms with E-state index in [1.54, 1.807) is 6.92 Å². The number of aryl methyl sites for hydroxylation is 1. The Morgan fingerprint density at radius 2 is 2.10 bits per heavy atom. The van der Waals surface area contributed by atoms with Crippen molar-refractivity contribution in [2.75, 3.05) is 5.32 Å². The summed E-state index contributed by atoms with van der Waals surface area (Å²) in [5.74, 6) is -1.09. The molecule has 1 unspecified atom stereocenters. The lowest BCUT2D eigenvalue weighted by molar-refractivity contribution is -0.116. The Morgan fingerprint density at radius 3 is 2.81 bits per heavy atom. The van der Waals surface area contributed by atoms with E-state index < -0.39 is 17.3 Å². The first kappa shape index (κ1) is 13.8. The Labute approximate surface area is 124 Å². The summed E-state index contributed by atoms with van der Waals surface area (Å²) in [6, 6.07) is 4.26. The number of hydrogen-bond donors (Lipinski definition) is 2. The zero-order valence-corrected chi connectivity index (χ0v) is 11.8. The number of hydrogen-bond acceptors (Lipinski definition) is 3. The van der Waals surface area contributed by atoms with Crippen molar-refractivity contribution in [1.29, 1.82) is 0 Å². The van der Waals surface area contributed by atoms with Gasteiger partial charge in [-0.15, -0.1) is 0 Å². The van der Waals surface area contributed by atoms with E-state index >= 15 is 0 Å². The molecular weight excluding hydrogens is 297 g/mol. The maximum absolute atomic E-state index is 14.1. The minimum atomic E-state index is -0.751. The van der Waals surface area contributed by atoms with E-state index in [0.717, 1.165) is 0 Å². The van der Waals surface area contributed by atoms with Gasteiger partial charge in [0.25, 0.3) is 5.56 Å². The van der Waals surface area contributed by atoms with Crippen LogP contribution in [0, 0.1) is 12.7 Å². The summed E-state index contributed by atoms with van der Waals surface area (Å²) in [6.45, 7) is 1.60. The molecule has 0 bridgehead atoms. The molecule has 1 aliphatic heterocycles. The van der Waals surface area contributed by atoms with Crippen LogP contribution in [0.15, 0.2) is 23.0 Å². The van der Waals surface area contributed by atoms with Crippen molar-refractivity contribution in [3.05, 3.63) is 56.3 Å². The molecule has 2 aromatic rings. The Balaban J connectivity index is 2.27. The Kier molecular flexibility index (Phi) is 3.25. The van der Waals surface area contributed by atoms with Gasteiger partial charge in [-0.25, -0.2) is 9.37 Å². The first-order valence-corrected chi connectivity index (χ1v) is 6.69. The van der Waals surface area contributed by atoms with E-state index in [0.29, 0.717) is 5.82 Å². The first-order chi connectivity index (χ1) is 9.97. The minimum absolute atomic E-state index is 0.0541. The molecule has 0 spiro atoms. The Hall–Kier alpha value is -2.21. The van der Waals surface area contributed by atoms with Crippen LogP contribution in [0.1, 0.15) is 29.3 Å². The maximum atomic E-state index is 14.1. The number of aromatic nitrogens is 2. The molecule has 2 heterocycles. The zero-order valence-electron chi connectivity index (χ0n) is 11.0. The fraction of sp³-hybridized carbons (Fsp3) is 0.214. The van der Waals surface area contributed by atoms with Gasteiger partial charge in [0, 0.05) is 22.9 Å². The molecule has 2 N–H and O–H groups in total. The summed E-state index contributed by atoms with van der Waals surface area (Å²) in [6.07, 6.45) is -0.0541. The average molecular weight is 308 g/mol. The van der Waals surface area contributed by atoms with E-state index in [9.17, 15) is 14.0 Å². The van der Waals surface area contributed by atoms with Crippen molar-refractivity contribution in [3.8, 4) is 0 Å². The number of carbonyl (C=O) groups excluding carboxylic acids is 1. The van der Waals surface area contributed by atoms with Gasteiger partial charge in [-0.1, -0.05) is 17.7 Å². The van der Waals surface area contributed by atoms with Gasteiger partial charge >= 0.3 is 0 Å². The lowest BCUT2D eigenvalue weighted by Gasteiger charge is -2.25. The Bertz CT molecular complexity index is 783. The van der Waals surface area contributed by atoms with Gasteiger partial charge in [0.2, 0.25) is 5.91 Å². The number of nitrogens with one attached hydrogen (secondary N) is 2. The third-order valence-corrected chi connectivity index (χ3v) is 3.75. The second-order valence-corrected chi connectivity index (χ2v) is 5.26. The molecule has 1 aromatic heterocycles. The second-order valence-electron chi connectivity index (χ2n) is 4.85. The smallest absolute Gasteiger partial charge is 0.256 e. The summed E-state index contributed by atoms with van der Waals surface area (Å²) in [5.41, 5.74) is -0.0274. The van der Waals surface area contributed by atoms with Crippen LogP contribution in [0.3, 0.4) is 0 Å². The highest BCUT2D eigenvalue weighted by Crippen LogP contribution is 2.38. The predicted molar refractivity (Wildman–Crippen MR) is 76.1 cm³/mol. The van der Waals surface area contributed by atoms with Crippen LogP contribution in [0.4, 0.5) is 10.2 Å². The zero-order chi connectivity index (χ0) is 15.1. The van der Waals surface area contributed by atoms with Crippen LogP contribution in [0.5, 0.6) is 0 Å². The van der Waals surface area contributed by atoms with Gasteiger partial charge in [-0.3, -0.25) is 9.59 Å². The fourth-order valence-corrected chi connectivity index (χ4v) is 2.87. The van der Waals surface area contributed by atoms with Crippen molar-refractivity contribution < 1.29 is 9.18 Å². The molecule has 0 fully saturated rings. The lowest BCUT2D eigenvalue weighted by Crippen LogP contribution is -2.32. The molecule has 1 atom stereocenters. The van der Waals surface area contributed by atoms with E-state index in [2.05, 4.69) is 15.3 Å². The summed E-state index contributed by atoms with van der Waals surface area (Å²) in [5, 5.41) is 2.73. The number of rotatable bonds is 1. The molecule has 3 rings (SSSR count). The van der Waals surface area contributed by atoms with Crippen LogP contribution in [0.25, 0.3) is 0 Å². The Morgan fingerprint density at radius 1 is 1.33 bits per heavy atom. The summed E-state index contributed by atoms with van der Waals surface area (Å²) in [4.78, 5) is 30.7. The van der Waals surface area contributed by atoms with Crippen LogP contribution >= 0.6 is 11.6 Å². The monoisotopic (exact) mass is 307 g/mol. The van der Waals surface area contributed by atoms with Crippen molar-refractivity contribution in [3.63, 3.8) is 0 Å². The minimum Gasteiger partial charge on any atom is -0.310 e. The highest BCUT2D eigenvalue weighted by molar-refractivity contribution is 6.31. The highest BCUT2D eigenvalue weighted by Gasteiger charge is 2.33. The van der Waals surface area contributed by atoms with E-state index in [-0.39, 0.29) is 34.3 Å². The number of amides is 1. The van der Waals surface area contributed by atoms with Gasteiger partial charge in [-0.05, 0) is 19.1 Å². The summed E-state index contributed by atoms with van der Waals surface area (Å²) in [7, 11) is 0. The molecule has 108 valence electrons. The maximum Gasteiger partial charge on any atom is 0.256 e. The lowest BCUT2D eigenvalue weighted by atomic mass is 9.86. The molecule has 0 saturated carbocycles. The first-order valence-electron chi connectivity index (χ1n) is 6.32. The van der Waals surface area contributed by atoms with Crippen molar-refractivity contribution in [1.82, 2.24) is 9.97 Å². The molecule has 1 amide bonds. The average Bonchev–Trinajstić information content (AvgIpc) is 2.36. The highest BCUT2D eigenvalue weighted by atomic mass is 35.5. The van der Waals surface area contributed by atoms with Crippen molar-refractivity contribution in [2.45, 2.75) is 19.3 Å². The fourth-order valence-electron chi connectivity index (χ4n) is 2.57. The molecule has 0 radical (unpaired) electrons. The molecule has 1 aliphatic rings. The third-order valence-electron chi connectivity index (χ3n) is 3.42. The normalized spacial score (nSPS) is 17.3. The predicted octanol–water partition coefficient (Wildman–Crippen LogP) is 2.34. The number of benzene rings is 1. The van der Waals surface area contributed by atoms with E-state index in [4.69, 9.17) is 11.6 Å². The number of carbonyl (C=O) groups is 1. The van der Waals surface area contributed by atoms with Gasteiger partial charge in [-0.2, -0.15) is 0 Å². The number of nitrogens with zero attached hydrogens (tertiary/aromatic N) is 1. The summed E-state index contributed by atoms with van der Waals surface area (Å²) < 4.78 is 14.1. The molecular formula is C14H11ClFN3O2. The standard InChI is InChI=1S/C14H11ClFN3O2/c1-6-17-13-12(14(21)18-6)7(5-10(20)19-13)11-8(15)3-2-4-9(11)16/h2-4,7H,5H2,1H3,(H2,17,18,19,20,21). The van der Waals surface area contributed by atoms with Crippen LogP contribution < -0.4 is 10.9 Å². The van der Waals surface area contributed by atoms with Crippen LogP contribution in [0.2, 0.25) is 5.02 Å². The number of anilines is 1. The van der Waals surface area contributed by atoms with Crippen LogP contribution in [-0.4, -0.2) is 15.9 Å². The number of halogens is 2. The topological polar surface area (TPSA) is 74.8 Å². The molecule has 0 aliphatic carbocycles. The van der Waals surface area contributed by atoms with Crippen molar-refractivity contribution >= 4 is 23.3 Å². The van der Waals surface area contributed by atoms with Crippen molar-refractivity contribution in [2.24, 2.45) is 0 Å². The van der Waals surface area contributed by atoms with Gasteiger partial charge in [0.1, 0.15) is 17.5 Å².